The fourth-order valence-corrected chi connectivity index (χ4v) is 2.16. The minimum absolute atomic E-state index is 0.606. The molecule has 1 atom stereocenters. The van der Waals surface area contributed by atoms with Gasteiger partial charge >= 0.3 is 0 Å². The van der Waals surface area contributed by atoms with Crippen LogP contribution in [0.25, 0.3) is 0 Å². The van der Waals surface area contributed by atoms with E-state index in [1.165, 1.54) is 0 Å². The van der Waals surface area contributed by atoms with Gasteiger partial charge in [-0.05, 0) is 18.2 Å². The van der Waals surface area contributed by atoms with E-state index in [2.05, 4.69) is 27.1 Å². The molecule has 1 unspecified atom stereocenters. The Morgan fingerprint density at radius 2 is 2.00 bits per heavy atom. The van der Waals surface area contributed by atoms with Crippen molar-refractivity contribution in [2.45, 2.75) is 19.2 Å². The van der Waals surface area contributed by atoms with Crippen molar-refractivity contribution in [1.82, 2.24) is 10.4 Å². The first kappa shape index (κ1) is 17.8. The van der Waals surface area contributed by atoms with E-state index in [9.17, 15) is 8.78 Å². The van der Waals surface area contributed by atoms with E-state index in [1.54, 1.807) is 12.3 Å². The number of hydrazone groups is 1. The summed E-state index contributed by atoms with van der Waals surface area (Å²) in [6.45, 7) is 3.22. The summed E-state index contributed by atoms with van der Waals surface area (Å²) >= 11 is 0. The van der Waals surface area contributed by atoms with E-state index >= 15 is 0 Å². The summed E-state index contributed by atoms with van der Waals surface area (Å²) in [5.41, 5.74) is 5.09. The summed E-state index contributed by atoms with van der Waals surface area (Å²) in [6.07, 6.45) is -1.77. The highest BCUT2D eigenvalue weighted by Gasteiger charge is 2.14. The van der Waals surface area contributed by atoms with Crippen LogP contribution in [0, 0.1) is 0 Å². The average Bonchev–Trinajstić information content (AvgIpc) is 2.60. The molecule has 0 spiro atoms. The molecule has 2 aromatic rings. The van der Waals surface area contributed by atoms with Crippen LogP contribution < -0.4 is 10.3 Å². The first-order valence-electron chi connectivity index (χ1n) is 7.42. The number of para-hydroxylation sites is 1. The topological polar surface area (TPSA) is 49.8 Å². The Morgan fingerprint density at radius 1 is 1.25 bits per heavy atom. The number of nitrogens with zero attached hydrogens (tertiary/aromatic N) is 3. The minimum atomic E-state index is -2.55. The highest BCUT2D eigenvalue weighted by Crippen LogP contribution is 2.17. The molecule has 0 aliphatic heterocycles. The molecule has 7 heteroatoms. The second kappa shape index (κ2) is 8.93. The SMILES string of the molecule is C=NNC(OCC(F)F)c1ccc(CN(C)c2ccccc2)nc1. The van der Waals surface area contributed by atoms with Gasteiger partial charge < -0.3 is 9.64 Å². The zero-order valence-corrected chi connectivity index (χ0v) is 13.4. The number of anilines is 1. The third-order valence-corrected chi connectivity index (χ3v) is 3.34. The van der Waals surface area contributed by atoms with Crippen molar-refractivity contribution in [3.8, 4) is 0 Å². The maximum absolute atomic E-state index is 12.3. The van der Waals surface area contributed by atoms with E-state index in [1.807, 2.05) is 43.4 Å². The van der Waals surface area contributed by atoms with Crippen molar-refractivity contribution in [2.24, 2.45) is 5.10 Å². The van der Waals surface area contributed by atoms with E-state index in [0.29, 0.717) is 12.1 Å². The second-order valence-corrected chi connectivity index (χ2v) is 5.17. The Labute approximate surface area is 140 Å². The molecule has 5 nitrogen and oxygen atoms in total. The Morgan fingerprint density at radius 3 is 2.58 bits per heavy atom. The number of aromatic nitrogens is 1. The monoisotopic (exact) mass is 334 g/mol. The van der Waals surface area contributed by atoms with E-state index < -0.39 is 19.3 Å². The van der Waals surface area contributed by atoms with Crippen molar-refractivity contribution in [1.29, 1.82) is 0 Å². The zero-order chi connectivity index (χ0) is 17.4. The van der Waals surface area contributed by atoms with Crippen molar-refractivity contribution < 1.29 is 13.5 Å². The number of ether oxygens (including phenoxy) is 1. The molecule has 24 heavy (non-hydrogen) atoms. The van der Waals surface area contributed by atoms with Crippen molar-refractivity contribution in [3.63, 3.8) is 0 Å². The summed E-state index contributed by atoms with van der Waals surface area (Å²) in [7, 11) is 1.97. The Balaban J connectivity index is 2.01. The molecule has 1 aromatic heterocycles. The molecule has 0 fully saturated rings. The molecular formula is C17H20F2N4O. The van der Waals surface area contributed by atoms with Gasteiger partial charge in [0.2, 0.25) is 0 Å². The van der Waals surface area contributed by atoms with Crippen LogP contribution in [0.2, 0.25) is 0 Å². The van der Waals surface area contributed by atoms with Crippen LogP contribution in [0.5, 0.6) is 0 Å². The van der Waals surface area contributed by atoms with Crippen LogP contribution in [0.1, 0.15) is 17.5 Å². The quantitative estimate of drug-likeness (QED) is 0.435. The van der Waals surface area contributed by atoms with Gasteiger partial charge in [-0.2, -0.15) is 5.10 Å². The lowest BCUT2D eigenvalue weighted by Gasteiger charge is -2.20. The molecule has 1 heterocycles. The largest absolute Gasteiger partial charge is 0.369 e. The van der Waals surface area contributed by atoms with Gasteiger partial charge in [0.25, 0.3) is 6.43 Å². The number of alkyl halides is 2. The van der Waals surface area contributed by atoms with E-state index in [-0.39, 0.29) is 0 Å². The number of pyridine rings is 1. The molecule has 0 saturated heterocycles. The van der Waals surface area contributed by atoms with Crippen molar-refractivity contribution >= 4 is 12.4 Å². The molecule has 0 radical (unpaired) electrons. The van der Waals surface area contributed by atoms with Gasteiger partial charge in [-0.3, -0.25) is 10.4 Å². The van der Waals surface area contributed by atoms with Gasteiger partial charge in [0.05, 0.1) is 12.2 Å². The fraction of sp³-hybridized carbons (Fsp3) is 0.294. The molecule has 0 amide bonds. The van der Waals surface area contributed by atoms with Gasteiger partial charge in [-0.25, -0.2) is 8.78 Å². The predicted octanol–water partition coefficient (Wildman–Crippen LogP) is 3.20. The number of hydrogen-bond donors (Lipinski definition) is 1. The highest BCUT2D eigenvalue weighted by atomic mass is 19.3. The Hall–Kier alpha value is -2.54. The zero-order valence-electron chi connectivity index (χ0n) is 13.4. The van der Waals surface area contributed by atoms with E-state index in [0.717, 1.165) is 11.4 Å². The molecule has 128 valence electrons. The number of halogens is 2. The molecule has 0 aliphatic carbocycles. The van der Waals surface area contributed by atoms with Crippen LogP contribution in [0.3, 0.4) is 0 Å². The number of hydrogen-bond acceptors (Lipinski definition) is 5. The van der Waals surface area contributed by atoms with Crippen LogP contribution in [0.15, 0.2) is 53.8 Å². The normalized spacial score (nSPS) is 12.0. The summed E-state index contributed by atoms with van der Waals surface area (Å²) in [5, 5.41) is 3.49. The van der Waals surface area contributed by atoms with Gasteiger partial charge in [0.1, 0.15) is 6.61 Å². The van der Waals surface area contributed by atoms with Gasteiger partial charge in [-0.1, -0.05) is 24.3 Å². The maximum Gasteiger partial charge on any atom is 0.261 e. The number of rotatable bonds is 9. The molecule has 0 saturated carbocycles. The summed E-state index contributed by atoms with van der Waals surface area (Å²) < 4.78 is 29.7. The Kier molecular flexibility index (Phi) is 6.62. The lowest BCUT2D eigenvalue weighted by Crippen LogP contribution is -2.22. The van der Waals surface area contributed by atoms with Crippen LogP contribution in [0.4, 0.5) is 14.5 Å². The van der Waals surface area contributed by atoms with Gasteiger partial charge in [0.15, 0.2) is 6.23 Å². The van der Waals surface area contributed by atoms with Crippen LogP contribution in [-0.2, 0) is 11.3 Å². The smallest absolute Gasteiger partial charge is 0.261 e. The van der Waals surface area contributed by atoms with Crippen molar-refractivity contribution in [3.05, 3.63) is 59.9 Å². The molecule has 0 aliphatic rings. The third-order valence-electron chi connectivity index (χ3n) is 3.34. The van der Waals surface area contributed by atoms with Crippen molar-refractivity contribution in [2.75, 3.05) is 18.6 Å². The molecule has 2 rings (SSSR count). The lowest BCUT2D eigenvalue weighted by molar-refractivity contribution is -0.0383. The fourth-order valence-electron chi connectivity index (χ4n) is 2.16. The molecule has 0 bridgehead atoms. The summed E-state index contributed by atoms with van der Waals surface area (Å²) in [5.74, 6) is 0. The number of benzene rings is 1. The third kappa shape index (κ3) is 5.27. The second-order valence-electron chi connectivity index (χ2n) is 5.17. The van der Waals surface area contributed by atoms with Gasteiger partial charge in [0, 0.05) is 31.2 Å². The summed E-state index contributed by atoms with van der Waals surface area (Å²) in [4.78, 5) is 6.43. The van der Waals surface area contributed by atoms with E-state index in [4.69, 9.17) is 4.74 Å². The summed E-state index contributed by atoms with van der Waals surface area (Å²) in [6, 6.07) is 13.5. The molecule has 1 N–H and O–H groups in total. The number of nitrogens with one attached hydrogen (secondary N) is 1. The van der Waals surface area contributed by atoms with Crippen LogP contribution >= 0.6 is 0 Å². The molecular weight excluding hydrogens is 314 g/mol. The molecule has 1 aromatic carbocycles. The first-order valence-corrected chi connectivity index (χ1v) is 7.42. The lowest BCUT2D eigenvalue weighted by atomic mass is 10.2. The maximum atomic E-state index is 12.3. The highest BCUT2D eigenvalue weighted by molar-refractivity contribution is 5.45. The average molecular weight is 334 g/mol. The predicted molar refractivity (Wildman–Crippen MR) is 90.2 cm³/mol. The Bertz CT molecular complexity index is 622. The van der Waals surface area contributed by atoms with Crippen LogP contribution in [-0.4, -0.2) is 31.8 Å². The van der Waals surface area contributed by atoms with Gasteiger partial charge in [-0.15, -0.1) is 0 Å². The first-order chi connectivity index (χ1) is 11.6. The minimum Gasteiger partial charge on any atom is -0.369 e. The standard InChI is InChI=1S/C17H20F2N4O/c1-20-22-17(24-12-16(18)19)13-8-9-14(21-10-13)11-23(2)15-6-4-3-5-7-15/h3-10,16-17,22H,1,11-12H2,2H3.